The average molecular weight is 588 g/mol. The highest BCUT2D eigenvalue weighted by Gasteiger charge is 1.97. The maximum absolute atomic E-state index is 10.3. The number of likely N-dealkylation sites (N-methyl/N-ethyl adjacent to an activating group) is 1. The van der Waals surface area contributed by atoms with Gasteiger partial charge in [-0.25, -0.2) is 4.79 Å². The van der Waals surface area contributed by atoms with E-state index in [2.05, 4.69) is 4.90 Å². The smallest absolute Gasteiger partial charge is 0.329 e. The van der Waals surface area contributed by atoms with Crippen LogP contribution < -0.4 is 0 Å². The van der Waals surface area contributed by atoms with E-state index in [1.807, 2.05) is 14.1 Å². The van der Waals surface area contributed by atoms with Crippen LogP contribution in [0.5, 0.6) is 0 Å². The maximum atomic E-state index is 10.3. The molecule has 14 heteroatoms. The van der Waals surface area contributed by atoms with Gasteiger partial charge in [-0.15, -0.1) is 0 Å². The van der Waals surface area contributed by atoms with E-state index in [4.69, 9.17) is 57.2 Å². The molecule has 0 aromatic rings. The van der Waals surface area contributed by atoms with E-state index in [9.17, 15) is 4.79 Å². The number of hydrogen-bond acceptors (Lipinski definition) is 13. The molecule has 0 aliphatic heterocycles. The number of carbonyl (C=O) groups is 1. The Labute approximate surface area is 239 Å². The van der Waals surface area contributed by atoms with Gasteiger partial charge < -0.3 is 62.1 Å². The van der Waals surface area contributed by atoms with Crippen LogP contribution in [0.1, 0.15) is 0 Å². The Morgan fingerprint density at radius 3 is 0.800 bits per heavy atom. The van der Waals surface area contributed by atoms with E-state index in [0.29, 0.717) is 132 Å². The van der Waals surface area contributed by atoms with Gasteiger partial charge in [-0.05, 0) is 14.1 Å². The second kappa shape index (κ2) is 34.2. The lowest BCUT2D eigenvalue weighted by molar-refractivity contribution is -0.142. The zero-order chi connectivity index (χ0) is 29.2. The van der Waals surface area contributed by atoms with Crippen LogP contribution in [0.15, 0.2) is 0 Å². The van der Waals surface area contributed by atoms with Gasteiger partial charge in [0.1, 0.15) is 6.61 Å². The fourth-order valence-corrected chi connectivity index (χ4v) is 2.61. The first-order valence-corrected chi connectivity index (χ1v) is 13.8. The number of ether oxygens (including phenoxy) is 11. The summed E-state index contributed by atoms with van der Waals surface area (Å²) in [6, 6.07) is 0. The molecule has 0 aliphatic carbocycles. The van der Waals surface area contributed by atoms with Crippen LogP contribution in [0.4, 0.5) is 0 Å². The van der Waals surface area contributed by atoms with Gasteiger partial charge in [-0.3, -0.25) is 0 Å². The molecule has 0 saturated heterocycles. The van der Waals surface area contributed by atoms with E-state index in [0.717, 1.165) is 6.54 Å². The summed E-state index contributed by atoms with van der Waals surface area (Å²) in [6.45, 7) is 11.0. The Hall–Kier alpha value is -1.01. The highest BCUT2D eigenvalue weighted by Crippen LogP contribution is 1.87. The quantitative estimate of drug-likeness (QED) is 0.0979. The van der Waals surface area contributed by atoms with Crippen LogP contribution in [-0.4, -0.2) is 182 Å². The Bertz CT molecular complexity index is 503. The zero-order valence-corrected chi connectivity index (χ0v) is 24.6. The second-order valence-electron chi connectivity index (χ2n) is 8.37. The van der Waals surface area contributed by atoms with E-state index in [-0.39, 0.29) is 13.2 Å². The molecule has 0 atom stereocenters. The summed E-state index contributed by atoms with van der Waals surface area (Å²) in [4.78, 5) is 12.3. The van der Waals surface area contributed by atoms with Crippen LogP contribution in [0.3, 0.4) is 0 Å². The third-order valence-electron chi connectivity index (χ3n) is 4.63. The van der Waals surface area contributed by atoms with E-state index >= 15 is 0 Å². The topological polar surface area (TPSA) is 142 Å². The number of hydrogen-bond donors (Lipinski definition) is 1. The zero-order valence-electron chi connectivity index (χ0n) is 24.6. The highest BCUT2D eigenvalue weighted by atomic mass is 16.6. The van der Waals surface area contributed by atoms with Gasteiger partial charge in [0.05, 0.1) is 139 Å². The Kier molecular flexibility index (Phi) is 33.3. The lowest BCUT2D eigenvalue weighted by atomic mass is 10.6. The summed E-state index contributed by atoms with van der Waals surface area (Å²) in [6.07, 6.45) is 0. The van der Waals surface area contributed by atoms with Crippen molar-refractivity contribution < 1.29 is 62.0 Å². The molecule has 40 heavy (non-hydrogen) atoms. The van der Waals surface area contributed by atoms with Crippen LogP contribution in [-0.2, 0) is 56.9 Å². The molecular formula is C26H53NO13. The van der Waals surface area contributed by atoms with Gasteiger partial charge >= 0.3 is 5.97 Å². The molecule has 0 aromatic heterocycles. The lowest BCUT2D eigenvalue weighted by Crippen LogP contribution is -2.19. The average Bonchev–Trinajstić information content (AvgIpc) is 2.93. The van der Waals surface area contributed by atoms with Crippen LogP contribution in [0.25, 0.3) is 0 Å². The number of carboxylic acid groups (broad SMARTS) is 1. The minimum absolute atomic E-state index is 0.244. The number of rotatable bonds is 35. The summed E-state index contributed by atoms with van der Waals surface area (Å²) in [7, 11) is 4.03. The lowest BCUT2D eigenvalue weighted by Gasteiger charge is -2.10. The largest absolute Gasteiger partial charge is 0.480 e. The molecule has 0 radical (unpaired) electrons. The van der Waals surface area contributed by atoms with Gasteiger partial charge in [0.15, 0.2) is 0 Å². The fourth-order valence-electron chi connectivity index (χ4n) is 2.61. The summed E-state index contributed by atoms with van der Waals surface area (Å²) >= 11 is 0. The number of carboxylic acids is 1. The fraction of sp³-hybridized carbons (Fsp3) is 0.962. The number of nitrogens with zero attached hydrogens (tertiary/aromatic N) is 1. The van der Waals surface area contributed by atoms with Crippen molar-refractivity contribution in [2.45, 2.75) is 0 Å². The Morgan fingerprint density at radius 1 is 0.400 bits per heavy atom. The Balaban J connectivity index is 3.04. The van der Waals surface area contributed by atoms with Crippen molar-refractivity contribution >= 4 is 5.97 Å². The predicted octanol–water partition coefficient (Wildman–Crippen LogP) is -0.185. The van der Waals surface area contributed by atoms with Crippen molar-refractivity contribution in [1.29, 1.82) is 0 Å². The minimum atomic E-state index is -0.994. The first-order chi connectivity index (χ1) is 19.6. The standard InChI is InChI=1S/C26H53NO13/c1-27(2)3-4-30-5-6-31-7-8-32-9-10-33-11-12-34-13-14-35-15-16-36-17-18-37-19-20-38-21-22-39-23-24-40-25-26(28)29/h3-25H2,1-2H3,(H,28,29). The molecule has 14 nitrogen and oxygen atoms in total. The van der Waals surface area contributed by atoms with Gasteiger partial charge in [-0.1, -0.05) is 0 Å². The van der Waals surface area contributed by atoms with Crippen molar-refractivity contribution in [2.75, 3.05) is 166 Å². The second-order valence-corrected chi connectivity index (χ2v) is 8.37. The predicted molar refractivity (Wildman–Crippen MR) is 145 cm³/mol. The first kappa shape index (κ1) is 39.0. The molecule has 0 aliphatic rings. The normalized spacial score (nSPS) is 11.6. The SMILES string of the molecule is CN(C)CCOCCOCCOCCOCCOCCOCCOCCOCCOCCOCCOCC(=O)O. The molecular weight excluding hydrogens is 534 g/mol. The molecule has 0 saturated carbocycles. The first-order valence-electron chi connectivity index (χ1n) is 13.8. The van der Waals surface area contributed by atoms with E-state index < -0.39 is 5.97 Å². The van der Waals surface area contributed by atoms with Crippen molar-refractivity contribution in [3.8, 4) is 0 Å². The van der Waals surface area contributed by atoms with Crippen molar-refractivity contribution in [2.24, 2.45) is 0 Å². The molecule has 0 bridgehead atoms. The molecule has 0 amide bonds. The van der Waals surface area contributed by atoms with Crippen LogP contribution in [0, 0.1) is 0 Å². The van der Waals surface area contributed by atoms with Crippen molar-refractivity contribution in [1.82, 2.24) is 4.90 Å². The van der Waals surface area contributed by atoms with Gasteiger partial charge in [0.25, 0.3) is 0 Å². The molecule has 0 heterocycles. The number of aliphatic carboxylic acids is 1. The minimum Gasteiger partial charge on any atom is -0.480 e. The molecule has 0 unspecified atom stereocenters. The van der Waals surface area contributed by atoms with E-state index in [1.54, 1.807) is 0 Å². The van der Waals surface area contributed by atoms with Crippen molar-refractivity contribution in [3.63, 3.8) is 0 Å². The highest BCUT2D eigenvalue weighted by molar-refractivity contribution is 5.67. The molecule has 0 spiro atoms. The molecule has 0 fully saturated rings. The summed E-state index contributed by atoms with van der Waals surface area (Å²) in [5.74, 6) is -0.994. The third kappa shape index (κ3) is 37.0. The monoisotopic (exact) mass is 587 g/mol. The molecule has 0 aromatic carbocycles. The molecule has 0 rings (SSSR count). The molecule has 240 valence electrons. The van der Waals surface area contributed by atoms with Crippen molar-refractivity contribution in [3.05, 3.63) is 0 Å². The summed E-state index contributed by atoms with van der Waals surface area (Å²) in [5.41, 5.74) is 0. The maximum Gasteiger partial charge on any atom is 0.329 e. The van der Waals surface area contributed by atoms with E-state index in [1.165, 1.54) is 0 Å². The van der Waals surface area contributed by atoms with Gasteiger partial charge in [0.2, 0.25) is 0 Å². The summed E-state index contributed by atoms with van der Waals surface area (Å²) in [5, 5.41) is 8.41. The summed E-state index contributed by atoms with van der Waals surface area (Å²) < 4.78 is 58.9. The van der Waals surface area contributed by atoms with Crippen LogP contribution in [0.2, 0.25) is 0 Å². The van der Waals surface area contributed by atoms with Crippen LogP contribution >= 0.6 is 0 Å². The molecule has 1 N–H and O–H groups in total. The van der Waals surface area contributed by atoms with Gasteiger partial charge in [0, 0.05) is 6.54 Å². The third-order valence-corrected chi connectivity index (χ3v) is 4.63. The Morgan fingerprint density at radius 2 is 0.600 bits per heavy atom. The van der Waals surface area contributed by atoms with Gasteiger partial charge in [-0.2, -0.15) is 0 Å².